The van der Waals surface area contributed by atoms with Crippen molar-refractivity contribution in [2.75, 3.05) is 19.0 Å². The molecule has 2 unspecified atom stereocenters. The van der Waals surface area contributed by atoms with Gasteiger partial charge in [-0.15, -0.1) is 0 Å². The van der Waals surface area contributed by atoms with Crippen LogP contribution in [0.4, 0.5) is 5.69 Å². The Hall–Kier alpha value is -2.86. The molecule has 1 fully saturated rings. The second-order valence-electron chi connectivity index (χ2n) is 8.01. The quantitative estimate of drug-likeness (QED) is 0.592. The number of carbonyl (C=O) groups is 2. The fourth-order valence-electron chi connectivity index (χ4n) is 3.61. The van der Waals surface area contributed by atoms with Crippen molar-refractivity contribution >= 4 is 17.5 Å². The fraction of sp³-hybridized carbons (Fsp3) is 0.417. The molecule has 2 atom stereocenters. The minimum Gasteiger partial charge on any atom is -0.497 e. The Morgan fingerprint density at radius 2 is 1.70 bits per heavy atom. The van der Waals surface area contributed by atoms with Gasteiger partial charge in [-0.3, -0.25) is 14.9 Å². The molecule has 30 heavy (non-hydrogen) atoms. The lowest BCUT2D eigenvalue weighted by molar-refractivity contribution is -0.125. The molecule has 6 nitrogen and oxygen atoms in total. The normalized spacial score (nSPS) is 15.2. The van der Waals surface area contributed by atoms with Crippen molar-refractivity contribution in [3.8, 4) is 5.75 Å². The predicted octanol–water partition coefficient (Wildman–Crippen LogP) is 3.50. The largest absolute Gasteiger partial charge is 0.497 e. The van der Waals surface area contributed by atoms with Crippen LogP contribution in [0.15, 0.2) is 42.5 Å². The lowest BCUT2D eigenvalue weighted by atomic mass is 10.0. The number of hydrogen-bond donors (Lipinski definition) is 3. The third-order valence-electron chi connectivity index (χ3n) is 5.56. The summed E-state index contributed by atoms with van der Waals surface area (Å²) in [5, 5.41) is 9.07. The second-order valence-corrected chi connectivity index (χ2v) is 8.01. The predicted molar refractivity (Wildman–Crippen MR) is 119 cm³/mol. The number of carbonyl (C=O) groups excluding carboxylic acids is 2. The summed E-state index contributed by atoms with van der Waals surface area (Å²) in [7, 11) is 1.65. The van der Waals surface area contributed by atoms with Gasteiger partial charge in [0, 0.05) is 11.7 Å². The summed E-state index contributed by atoms with van der Waals surface area (Å²) in [5.41, 5.74) is 3.94. The standard InChI is InChI=1S/C24H31N3O3/c1-15-6-5-7-16(2)22(15)27-21(28)14-25-24(29)17(3)26-23(18-8-9-18)19-10-12-20(30-4)13-11-19/h5-7,10-13,17-18,23,26H,8-9,14H2,1-4H3,(H,25,29)(H,27,28). The first kappa shape index (κ1) is 21.8. The van der Waals surface area contributed by atoms with E-state index in [-0.39, 0.29) is 24.4 Å². The molecule has 2 aromatic carbocycles. The molecular formula is C24H31N3O3. The molecule has 6 heteroatoms. The van der Waals surface area contributed by atoms with E-state index in [0.717, 1.165) is 41.0 Å². The third-order valence-corrected chi connectivity index (χ3v) is 5.56. The van der Waals surface area contributed by atoms with E-state index in [9.17, 15) is 9.59 Å². The number of ether oxygens (including phenoxy) is 1. The molecule has 0 heterocycles. The molecule has 0 bridgehead atoms. The molecule has 0 spiro atoms. The maximum atomic E-state index is 12.6. The lowest BCUT2D eigenvalue weighted by Gasteiger charge is -2.23. The number of methoxy groups -OCH3 is 1. The van der Waals surface area contributed by atoms with Gasteiger partial charge in [0.15, 0.2) is 0 Å². The van der Waals surface area contributed by atoms with Crippen molar-refractivity contribution in [1.82, 2.24) is 10.6 Å². The highest BCUT2D eigenvalue weighted by Gasteiger charge is 2.34. The first-order valence-electron chi connectivity index (χ1n) is 10.4. The van der Waals surface area contributed by atoms with Crippen LogP contribution in [0.25, 0.3) is 0 Å². The summed E-state index contributed by atoms with van der Waals surface area (Å²) in [4.78, 5) is 24.9. The van der Waals surface area contributed by atoms with E-state index in [1.807, 2.05) is 63.2 Å². The van der Waals surface area contributed by atoms with E-state index in [1.54, 1.807) is 7.11 Å². The molecule has 1 aliphatic rings. The van der Waals surface area contributed by atoms with Crippen LogP contribution >= 0.6 is 0 Å². The summed E-state index contributed by atoms with van der Waals surface area (Å²) in [5.74, 6) is 0.919. The maximum absolute atomic E-state index is 12.6. The Balaban J connectivity index is 1.53. The fourth-order valence-corrected chi connectivity index (χ4v) is 3.61. The Kier molecular flexibility index (Phi) is 7.11. The summed E-state index contributed by atoms with van der Waals surface area (Å²) in [6.07, 6.45) is 2.30. The first-order chi connectivity index (χ1) is 14.4. The van der Waals surface area contributed by atoms with Crippen LogP contribution in [-0.2, 0) is 9.59 Å². The molecule has 0 aromatic heterocycles. The van der Waals surface area contributed by atoms with E-state index in [1.165, 1.54) is 0 Å². The Morgan fingerprint density at radius 1 is 1.07 bits per heavy atom. The van der Waals surface area contributed by atoms with Crippen LogP contribution in [0, 0.1) is 19.8 Å². The number of hydrogen-bond acceptors (Lipinski definition) is 4. The van der Waals surface area contributed by atoms with Crippen LogP contribution in [0.1, 0.15) is 42.5 Å². The third kappa shape index (κ3) is 5.60. The van der Waals surface area contributed by atoms with Crippen LogP contribution < -0.4 is 20.7 Å². The highest BCUT2D eigenvalue weighted by atomic mass is 16.5. The van der Waals surface area contributed by atoms with Crippen molar-refractivity contribution in [1.29, 1.82) is 0 Å². The van der Waals surface area contributed by atoms with Crippen LogP contribution in [0.3, 0.4) is 0 Å². The SMILES string of the molecule is COc1ccc(C(NC(C)C(=O)NCC(=O)Nc2c(C)cccc2C)C2CC2)cc1. The number of anilines is 1. The molecule has 1 aliphatic carbocycles. The Morgan fingerprint density at radius 3 is 2.27 bits per heavy atom. The van der Waals surface area contributed by atoms with E-state index >= 15 is 0 Å². The molecule has 160 valence electrons. The highest BCUT2D eigenvalue weighted by Crippen LogP contribution is 2.41. The zero-order valence-corrected chi connectivity index (χ0v) is 18.1. The smallest absolute Gasteiger partial charge is 0.243 e. The molecule has 1 saturated carbocycles. The van der Waals surface area contributed by atoms with E-state index < -0.39 is 6.04 Å². The molecular weight excluding hydrogens is 378 g/mol. The molecule has 0 saturated heterocycles. The van der Waals surface area contributed by atoms with E-state index in [4.69, 9.17) is 4.74 Å². The topological polar surface area (TPSA) is 79.5 Å². The van der Waals surface area contributed by atoms with Crippen LogP contribution in [0.2, 0.25) is 0 Å². The van der Waals surface area contributed by atoms with E-state index in [2.05, 4.69) is 16.0 Å². The zero-order valence-electron chi connectivity index (χ0n) is 18.1. The number of nitrogens with one attached hydrogen (secondary N) is 3. The van der Waals surface area contributed by atoms with Gasteiger partial charge in [0.2, 0.25) is 11.8 Å². The van der Waals surface area contributed by atoms with Gasteiger partial charge in [-0.25, -0.2) is 0 Å². The molecule has 0 aliphatic heterocycles. The average Bonchev–Trinajstić information content (AvgIpc) is 3.58. The van der Waals surface area contributed by atoms with Crippen LogP contribution in [0.5, 0.6) is 5.75 Å². The van der Waals surface area contributed by atoms with Crippen molar-refractivity contribution in [3.05, 3.63) is 59.2 Å². The number of para-hydroxylation sites is 1. The Bertz CT molecular complexity index is 871. The van der Waals surface area contributed by atoms with Crippen molar-refractivity contribution < 1.29 is 14.3 Å². The summed E-state index contributed by atoms with van der Waals surface area (Å²) < 4.78 is 5.23. The zero-order chi connectivity index (χ0) is 21.7. The van der Waals surface area contributed by atoms with Gasteiger partial charge in [0.1, 0.15) is 5.75 Å². The summed E-state index contributed by atoms with van der Waals surface area (Å²) in [6, 6.07) is 13.5. The highest BCUT2D eigenvalue weighted by molar-refractivity contribution is 5.96. The van der Waals surface area contributed by atoms with Gasteiger partial charge in [-0.1, -0.05) is 30.3 Å². The summed E-state index contributed by atoms with van der Waals surface area (Å²) >= 11 is 0. The van der Waals surface area contributed by atoms with E-state index in [0.29, 0.717) is 5.92 Å². The molecule has 3 rings (SSSR count). The van der Waals surface area contributed by atoms with Crippen LogP contribution in [-0.4, -0.2) is 31.5 Å². The second kappa shape index (κ2) is 9.76. The Labute approximate surface area is 178 Å². The number of rotatable bonds is 9. The monoisotopic (exact) mass is 409 g/mol. The number of amides is 2. The number of aryl methyl sites for hydroxylation is 2. The van der Waals surface area contributed by atoms with Crippen molar-refractivity contribution in [3.63, 3.8) is 0 Å². The summed E-state index contributed by atoms with van der Waals surface area (Å²) in [6.45, 7) is 5.67. The molecule has 2 aromatic rings. The van der Waals surface area contributed by atoms with Gasteiger partial charge < -0.3 is 15.4 Å². The minimum atomic E-state index is -0.411. The van der Waals surface area contributed by atoms with Crippen molar-refractivity contribution in [2.24, 2.45) is 5.92 Å². The van der Waals surface area contributed by atoms with Gasteiger partial charge in [-0.05, 0) is 68.4 Å². The van der Waals surface area contributed by atoms with Gasteiger partial charge in [0.05, 0.1) is 19.7 Å². The molecule has 3 N–H and O–H groups in total. The van der Waals surface area contributed by atoms with Gasteiger partial charge >= 0.3 is 0 Å². The number of benzene rings is 2. The lowest BCUT2D eigenvalue weighted by Crippen LogP contribution is -2.46. The molecule has 0 radical (unpaired) electrons. The molecule has 2 amide bonds. The minimum absolute atomic E-state index is 0.0603. The van der Waals surface area contributed by atoms with Gasteiger partial charge in [0.25, 0.3) is 0 Å². The average molecular weight is 410 g/mol. The van der Waals surface area contributed by atoms with Gasteiger partial charge in [-0.2, -0.15) is 0 Å². The first-order valence-corrected chi connectivity index (χ1v) is 10.4. The maximum Gasteiger partial charge on any atom is 0.243 e. The van der Waals surface area contributed by atoms with Crippen molar-refractivity contribution in [2.45, 2.75) is 45.7 Å².